The Morgan fingerprint density at radius 1 is 0.765 bits per heavy atom. The first-order valence-electron chi connectivity index (χ1n) is 9.36. The average Bonchev–Trinajstić information content (AvgIpc) is 2.89. The van der Waals surface area contributed by atoms with E-state index >= 15 is 0 Å². The lowest BCUT2D eigenvalue weighted by molar-refractivity contribution is -0.137. The molecule has 6 nitrogen and oxygen atoms in total. The third-order valence-corrected chi connectivity index (χ3v) is 4.82. The van der Waals surface area contributed by atoms with Crippen LogP contribution in [0.1, 0.15) is 5.56 Å². The molecule has 2 aromatic rings. The zero-order valence-corrected chi connectivity index (χ0v) is 17.0. The Hall–Kier alpha value is -3.96. The van der Waals surface area contributed by atoms with Crippen LogP contribution in [0.15, 0.2) is 42.2 Å². The summed E-state index contributed by atoms with van der Waals surface area (Å²) in [5.41, 5.74) is -2.47. The highest BCUT2D eigenvalue weighted by atomic mass is 19.4. The number of carbonyl (C=O) groups is 2. The molecule has 0 saturated heterocycles. The van der Waals surface area contributed by atoms with Crippen LogP contribution in [0.5, 0.6) is 11.5 Å². The van der Waals surface area contributed by atoms with Crippen molar-refractivity contribution in [3.63, 3.8) is 0 Å². The van der Waals surface area contributed by atoms with E-state index in [-0.39, 0.29) is 10.1 Å². The Bertz CT molecular complexity index is 1310. The molecule has 0 bridgehead atoms. The first kappa shape index (κ1) is 24.7. The molecule has 0 saturated carbocycles. The second-order valence-electron chi connectivity index (χ2n) is 7.40. The number of benzene rings is 2. The van der Waals surface area contributed by atoms with E-state index < -0.39 is 76.7 Å². The molecular formula is C22H15F6NO5. The number of allylic oxidation sites excluding steroid dienone is 2. The van der Waals surface area contributed by atoms with Gasteiger partial charge in [-0.1, -0.05) is 12.6 Å². The van der Waals surface area contributed by atoms with E-state index in [1.54, 1.807) is 0 Å². The van der Waals surface area contributed by atoms with E-state index in [9.17, 15) is 51.3 Å². The number of hydrogen-bond acceptors (Lipinski definition) is 6. The number of aliphatic hydroxyl groups is 1. The van der Waals surface area contributed by atoms with Crippen LogP contribution in [0.25, 0.3) is 17.7 Å². The molecule has 0 amide bonds. The predicted octanol–water partition coefficient (Wildman–Crippen LogP) is 2.71. The molecule has 1 aliphatic rings. The number of phenols is 2. The van der Waals surface area contributed by atoms with Gasteiger partial charge in [0, 0.05) is 22.5 Å². The molecule has 3 rings (SSSR count). The maximum absolute atomic E-state index is 12.8. The molecule has 0 fully saturated rings. The highest BCUT2D eigenvalue weighted by Gasteiger charge is 2.40. The first-order chi connectivity index (χ1) is 15.6. The van der Waals surface area contributed by atoms with Crippen molar-refractivity contribution in [3.8, 4) is 11.5 Å². The van der Waals surface area contributed by atoms with E-state index in [2.05, 4.69) is 6.58 Å². The van der Waals surface area contributed by atoms with Gasteiger partial charge in [0.15, 0.2) is 0 Å². The molecule has 34 heavy (non-hydrogen) atoms. The number of ketones is 2. The summed E-state index contributed by atoms with van der Waals surface area (Å²) in [6.45, 7) is -0.383. The van der Waals surface area contributed by atoms with Crippen molar-refractivity contribution in [2.45, 2.75) is 12.4 Å². The normalized spacial score (nSPS) is 16.4. The number of anilines is 1. The van der Waals surface area contributed by atoms with Crippen molar-refractivity contribution in [2.24, 2.45) is 0 Å². The minimum Gasteiger partial charge on any atom is -0.507 e. The van der Waals surface area contributed by atoms with Crippen molar-refractivity contribution in [1.82, 2.24) is 0 Å². The van der Waals surface area contributed by atoms with Gasteiger partial charge in [-0.05, 0) is 29.5 Å². The smallest absolute Gasteiger partial charge is 0.405 e. The highest BCUT2D eigenvalue weighted by molar-refractivity contribution is 6.70. The quantitative estimate of drug-likeness (QED) is 0.454. The summed E-state index contributed by atoms with van der Waals surface area (Å²) in [6.07, 6.45) is -9.99. The molecule has 0 aliphatic heterocycles. The van der Waals surface area contributed by atoms with Gasteiger partial charge < -0.3 is 20.2 Å². The Labute approximate surface area is 187 Å². The molecular weight excluding hydrogens is 472 g/mol. The third-order valence-electron chi connectivity index (χ3n) is 4.82. The number of aliphatic hydroxyl groups excluding tert-OH is 1. The van der Waals surface area contributed by atoms with E-state index in [4.69, 9.17) is 0 Å². The van der Waals surface area contributed by atoms with Crippen molar-refractivity contribution in [3.05, 3.63) is 58.2 Å². The molecule has 0 radical (unpaired) electrons. The molecule has 0 atom stereocenters. The number of alkyl halides is 6. The summed E-state index contributed by atoms with van der Waals surface area (Å²) in [5.74, 6) is -4.89. The van der Waals surface area contributed by atoms with Gasteiger partial charge in [0.05, 0.1) is 11.1 Å². The number of nitrogens with zero attached hydrogens (tertiary/aromatic N) is 1. The molecule has 3 N–H and O–H groups in total. The van der Waals surface area contributed by atoms with E-state index in [0.717, 1.165) is 18.2 Å². The average molecular weight is 487 g/mol. The van der Waals surface area contributed by atoms with Crippen LogP contribution in [0, 0.1) is 0 Å². The van der Waals surface area contributed by atoms with E-state index in [1.807, 2.05) is 0 Å². The summed E-state index contributed by atoms with van der Waals surface area (Å²) in [5, 5.41) is 31.1. The van der Waals surface area contributed by atoms with Gasteiger partial charge >= 0.3 is 12.4 Å². The number of rotatable bonds is 4. The van der Waals surface area contributed by atoms with Crippen LogP contribution in [-0.4, -0.2) is 52.3 Å². The fraction of sp³-hybridized carbons (Fsp3) is 0.182. The Kier molecular flexibility index (Phi) is 6.12. The summed E-state index contributed by atoms with van der Waals surface area (Å²) >= 11 is 0. The van der Waals surface area contributed by atoms with Gasteiger partial charge in [-0.2, -0.15) is 26.3 Å². The number of hydrogen-bond donors (Lipinski definition) is 3. The van der Waals surface area contributed by atoms with Gasteiger partial charge in [-0.3, -0.25) is 9.59 Å². The second-order valence-corrected chi connectivity index (χ2v) is 7.40. The topological polar surface area (TPSA) is 98.1 Å². The fourth-order valence-electron chi connectivity index (χ4n) is 3.45. The van der Waals surface area contributed by atoms with Crippen molar-refractivity contribution in [1.29, 1.82) is 0 Å². The summed E-state index contributed by atoms with van der Waals surface area (Å²) in [7, 11) is 0. The third kappa shape index (κ3) is 5.00. The largest absolute Gasteiger partial charge is 0.507 e. The van der Waals surface area contributed by atoms with Crippen molar-refractivity contribution in [2.75, 3.05) is 18.0 Å². The Balaban J connectivity index is 2.13. The van der Waals surface area contributed by atoms with Crippen LogP contribution >= 0.6 is 0 Å². The summed E-state index contributed by atoms with van der Waals surface area (Å²) in [6, 6.07) is 5.89. The molecule has 0 spiro atoms. The van der Waals surface area contributed by atoms with Crippen LogP contribution in [-0.2, 0) is 9.59 Å². The lowest BCUT2D eigenvalue weighted by Gasteiger charge is -2.27. The van der Waals surface area contributed by atoms with Crippen molar-refractivity contribution < 1.29 is 51.3 Å². The molecule has 0 unspecified atom stereocenters. The van der Waals surface area contributed by atoms with Crippen LogP contribution in [0.2, 0.25) is 0 Å². The molecule has 180 valence electrons. The van der Waals surface area contributed by atoms with Gasteiger partial charge in [0.2, 0.25) is 11.6 Å². The monoisotopic (exact) mass is 487 g/mol. The lowest BCUT2D eigenvalue weighted by atomic mass is 10.0. The molecule has 1 aliphatic carbocycles. The molecule has 0 aromatic heterocycles. The first-order valence-corrected chi connectivity index (χ1v) is 9.36. The van der Waals surface area contributed by atoms with Crippen LogP contribution in [0.4, 0.5) is 32.0 Å². The Morgan fingerprint density at radius 2 is 1.32 bits per heavy atom. The zero-order valence-electron chi connectivity index (χ0n) is 17.0. The van der Waals surface area contributed by atoms with Gasteiger partial charge in [0.25, 0.3) is 0 Å². The SMILES string of the molecule is C=c1cc/c(=C2/C(=O)C(=O)C(c3ccc(N(CC(F)(F)F)CC(F)(F)F)cc3O)=C2O)c(O)c1. The Morgan fingerprint density at radius 3 is 1.82 bits per heavy atom. The standard InChI is InChI=1S/C22H15F6NO5/c1-10-2-4-12(14(30)6-10)16-18(32)17(20(34)19(16)33)13-5-3-11(7-15(13)31)29(8-21(23,24)25)9-22(26,27)28/h2-7,30-32H,1,8-9H2/b16-12-. The summed E-state index contributed by atoms with van der Waals surface area (Å²) in [4.78, 5) is 24.9. The zero-order chi connectivity index (χ0) is 25.6. The number of phenolic OH excluding ortho intramolecular Hbond substituents is 2. The van der Waals surface area contributed by atoms with Gasteiger partial charge in [0.1, 0.15) is 30.3 Å². The predicted molar refractivity (Wildman–Crippen MR) is 108 cm³/mol. The summed E-state index contributed by atoms with van der Waals surface area (Å²) < 4.78 is 76.7. The number of halogens is 6. The highest BCUT2D eigenvalue weighted by Crippen LogP contribution is 2.38. The number of aromatic hydroxyl groups is 2. The van der Waals surface area contributed by atoms with Crippen LogP contribution in [0.3, 0.4) is 0 Å². The fourth-order valence-corrected chi connectivity index (χ4v) is 3.45. The van der Waals surface area contributed by atoms with Gasteiger partial charge in [-0.15, -0.1) is 0 Å². The van der Waals surface area contributed by atoms with E-state index in [0.29, 0.717) is 11.3 Å². The maximum Gasteiger partial charge on any atom is 0.405 e. The number of carbonyl (C=O) groups excluding carboxylic acids is 2. The van der Waals surface area contributed by atoms with Crippen molar-refractivity contribution >= 4 is 35.0 Å². The van der Waals surface area contributed by atoms with Gasteiger partial charge in [-0.25, -0.2) is 0 Å². The maximum atomic E-state index is 12.8. The second kappa shape index (κ2) is 8.43. The minimum absolute atomic E-state index is 0.0741. The number of Topliss-reactive ketones (excluding diaryl/α,β-unsaturated/α-hetero) is 2. The molecule has 2 aromatic carbocycles. The molecule has 12 heteroatoms. The van der Waals surface area contributed by atoms with Crippen LogP contribution < -0.4 is 15.3 Å². The lowest BCUT2D eigenvalue weighted by Crippen LogP contribution is -2.40. The van der Waals surface area contributed by atoms with E-state index in [1.165, 1.54) is 12.1 Å². The minimum atomic E-state index is -5.00. The molecule has 0 heterocycles.